The van der Waals surface area contributed by atoms with Gasteiger partial charge in [0, 0.05) is 6.26 Å². The molecule has 0 bridgehead atoms. The zero-order valence-electron chi connectivity index (χ0n) is 8.52. The van der Waals surface area contributed by atoms with Crippen LogP contribution in [0.4, 0.5) is 0 Å². The summed E-state index contributed by atoms with van der Waals surface area (Å²) in [5, 5.41) is 8.81. The van der Waals surface area contributed by atoms with Gasteiger partial charge in [0.2, 0.25) is 0 Å². The predicted molar refractivity (Wildman–Crippen MR) is 60.8 cm³/mol. The minimum absolute atomic E-state index is 0.104. The third-order valence-corrected chi connectivity index (χ3v) is 3.55. The van der Waals surface area contributed by atoms with Gasteiger partial charge in [0.1, 0.15) is 4.90 Å². The summed E-state index contributed by atoms with van der Waals surface area (Å²) < 4.78 is 28.1. The molecule has 0 atom stereocenters. The van der Waals surface area contributed by atoms with Crippen molar-refractivity contribution >= 4 is 31.7 Å². The highest BCUT2D eigenvalue weighted by Crippen LogP contribution is 2.33. The van der Waals surface area contributed by atoms with E-state index in [-0.39, 0.29) is 20.7 Å². The van der Waals surface area contributed by atoms with Crippen molar-refractivity contribution < 1.29 is 23.1 Å². The van der Waals surface area contributed by atoms with Gasteiger partial charge in [0.05, 0.1) is 17.1 Å². The molecule has 0 amide bonds. The number of methoxy groups -OCH3 is 1. The molecule has 7 heteroatoms. The highest BCUT2D eigenvalue weighted by atomic mass is 79.9. The van der Waals surface area contributed by atoms with Crippen LogP contribution in [-0.2, 0) is 9.84 Å². The van der Waals surface area contributed by atoms with E-state index in [1.165, 1.54) is 13.2 Å². The van der Waals surface area contributed by atoms with Gasteiger partial charge in [-0.1, -0.05) is 0 Å². The Morgan fingerprint density at radius 3 is 2.38 bits per heavy atom. The second-order valence-electron chi connectivity index (χ2n) is 3.07. The van der Waals surface area contributed by atoms with E-state index in [2.05, 4.69) is 15.9 Å². The maximum atomic E-state index is 11.4. The van der Waals surface area contributed by atoms with Crippen LogP contribution < -0.4 is 4.74 Å². The van der Waals surface area contributed by atoms with Crippen molar-refractivity contribution in [2.45, 2.75) is 4.90 Å². The molecule has 88 valence electrons. The second kappa shape index (κ2) is 4.42. The fraction of sp³-hybridized carbons (Fsp3) is 0.222. The highest BCUT2D eigenvalue weighted by molar-refractivity contribution is 9.10. The standard InChI is InChI=1S/C9H9BrO5S/c1-15-8-6(10)3-5(9(11)12)4-7(8)16(2,13)14/h3-4H,1-2H3,(H,11,12). The maximum Gasteiger partial charge on any atom is 0.335 e. The lowest BCUT2D eigenvalue weighted by Gasteiger charge is -2.10. The molecule has 5 nitrogen and oxygen atoms in total. The molecular weight excluding hydrogens is 300 g/mol. The number of halogens is 1. The highest BCUT2D eigenvalue weighted by Gasteiger charge is 2.20. The summed E-state index contributed by atoms with van der Waals surface area (Å²) in [6.45, 7) is 0. The van der Waals surface area contributed by atoms with Crippen molar-refractivity contribution in [3.8, 4) is 5.75 Å². The van der Waals surface area contributed by atoms with E-state index in [4.69, 9.17) is 9.84 Å². The lowest BCUT2D eigenvalue weighted by Crippen LogP contribution is -2.05. The van der Waals surface area contributed by atoms with Crippen LogP contribution in [0.1, 0.15) is 10.4 Å². The molecule has 0 fully saturated rings. The number of hydrogen-bond donors (Lipinski definition) is 1. The van der Waals surface area contributed by atoms with Crippen LogP contribution in [-0.4, -0.2) is 32.9 Å². The van der Waals surface area contributed by atoms with Gasteiger partial charge in [0.25, 0.3) is 0 Å². The van der Waals surface area contributed by atoms with Crippen molar-refractivity contribution in [1.29, 1.82) is 0 Å². The van der Waals surface area contributed by atoms with Gasteiger partial charge < -0.3 is 9.84 Å². The fourth-order valence-corrected chi connectivity index (χ4v) is 2.79. The molecule has 0 aromatic heterocycles. The fourth-order valence-electron chi connectivity index (χ4n) is 1.17. The van der Waals surface area contributed by atoms with Crippen molar-refractivity contribution in [3.63, 3.8) is 0 Å². The maximum absolute atomic E-state index is 11.4. The number of ether oxygens (including phenoxy) is 1. The SMILES string of the molecule is COc1c(Br)cc(C(=O)O)cc1S(C)(=O)=O. The van der Waals surface area contributed by atoms with E-state index in [1.54, 1.807) is 0 Å². The molecule has 0 aliphatic rings. The molecule has 0 heterocycles. The van der Waals surface area contributed by atoms with Crippen LogP contribution >= 0.6 is 15.9 Å². The Balaban J connectivity index is 3.62. The molecule has 16 heavy (non-hydrogen) atoms. The zero-order valence-corrected chi connectivity index (χ0v) is 10.9. The molecule has 1 N–H and O–H groups in total. The summed E-state index contributed by atoms with van der Waals surface area (Å²) in [6.07, 6.45) is 0.989. The molecular formula is C9H9BrO5S. The lowest BCUT2D eigenvalue weighted by atomic mass is 10.2. The van der Waals surface area contributed by atoms with Gasteiger partial charge in [-0.15, -0.1) is 0 Å². The number of carbonyl (C=O) groups is 1. The van der Waals surface area contributed by atoms with Crippen LogP contribution in [0.3, 0.4) is 0 Å². The number of carboxylic acid groups (broad SMARTS) is 1. The minimum atomic E-state index is -3.54. The largest absolute Gasteiger partial charge is 0.494 e. The van der Waals surface area contributed by atoms with E-state index in [0.29, 0.717) is 0 Å². The molecule has 1 aromatic carbocycles. The molecule has 0 unspecified atom stereocenters. The number of rotatable bonds is 3. The Labute approximate surface area is 101 Å². The summed E-state index contributed by atoms with van der Waals surface area (Å²) in [5.41, 5.74) is -0.117. The van der Waals surface area contributed by atoms with Gasteiger partial charge in [-0.3, -0.25) is 0 Å². The summed E-state index contributed by atoms with van der Waals surface area (Å²) in [6, 6.07) is 2.36. The molecule has 0 aliphatic carbocycles. The number of hydrogen-bond acceptors (Lipinski definition) is 4. The first kappa shape index (κ1) is 13.0. The molecule has 1 aromatic rings. The van der Waals surface area contributed by atoms with Gasteiger partial charge in [-0.2, -0.15) is 0 Å². The molecule has 0 saturated carbocycles. The van der Waals surface area contributed by atoms with Crippen LogP contribution in [0.15, 0.2) is 21.5 Å². The topological polar surface area (TPSA) is 80.7 Å². The molecule has 0 saturated heterocycles. The first-order valence-electron chi connectivity index (χ1n) is 4.08. The van der Waals surface area contributed by atoms with Gasteiger partial charge in [-0.25, -0.2) is 13.2 Å². The first-order chi connectivity index (χ1) is 7.27. The lowest BCUT2D eigenvalue weighted by molar-refractivity contribution is 0.0696. The zero-order chi connectivity index (χ0) is 12.5. The van der Waals surface area contributed by atoms with E-state index in [1.807, 2.05) is 0 Å². The normalized spacial score (nSPS) is 11.2. The number of sulfone groups is 1. The third-order valence-electron chi connectivity index (χ3n) is 1.86. The second-order valence-corrected chi connectivity index (χ2v) is 5.91. The van der Waals surface area contributed by atoms with Crippen LogP contribution in [0.2, 0.25) is 0 Å². The average molecular weight is 309 g/mol. The van der Waals surface area contributed by atoms with Crippen molar-refractivity contribution in [2.24, 2.45) is 0 Å². The Morgan fingerprint density at radius 1 is 1.44 bits per heavy atom. The van der Waals surface area contributed by atoms with Crippen LogP contribution in [0.25, 0.3) is 0 Å². The van der Waals surface area contributed by atoms with Crippen LogP contribution in [0, 0.1) is 0 Å². The smallest absolute Gasteiger partial charge is 0.335 e. The molecule has 0 radical (unpaired) electrons. The Kier molecular flexibility index (Phi) is 3.59. The Hall–Kier alpha value is -1.08. The minimum Gasteiger partial charge on any atom is -0.494 e. The summed E-state index contributed by atoms with van der Waals surface area (Å²) >= 11 is 3.07. The van der Waals surface area contributed by atoms with E-state index in [0.717, 1.165) is 12.3 Å². The van der Waals surface area contributed by atoms with Gasteiger partial charge in [-0.05, 0) is 28.1 Å². The molecule has 1 rings (SSSR count). The van der Waals surface area contributed by atoms with Crippen molar-refractivity contribution in [2.75, 3.05) is 13.4 Å². The summed E-state index contributed by atoms with van der Waals surface area (Å²) in [4.78, 5) is 10.6. The summed E-state index contributed by atoms with van der Waals surface area (Å²) in [7, 11) is -2.23. The quantitative estimate of drug-likeness (QED) is 0.916. The van der Waals surface area contributed by atoms with E-state index in [9.17, 15) is 13.2 Å². The van der Waals surface area contributed by atoms with E-state index < -0.39 is 15.8 Å². The average Bonchev–Trinajstić information content (AvgIpc) is 2.14. The number of aromatic carboxylic acids is 1. The van der Waals surface area contributed by atoms with Crippen molar-refractivity contribution in [3.05, 3.63) is 22.2 Å². The van der Waals surface area contributed by atoms with E-state index >= 15 is 0 Å². The van der Waals surface area contributed by atoms with Crippen molar-refractivity contribution in [1.82, 2.24) is 0 Å². The third kappa shape index (κ3) is 2.53. The Morgan fingerprint density at radius 2 is 2.00 bits per heavy atom. The van der Waals surface area contributed by atoms with Crippen LogP contribution in [0.5, 0.6) is 5.75 Å². The number of carboxylic acids is 1. The Bertz CT molecular complexity index is 535. The van der Waals surface area contributed by atoms with Gasteiger partial charge in [0.15, 0.2) is 15.6 Å². The number of benzene rings is 1. The van der Waals surface area contributed by atoms with Gasteiger partial charge >= 0.3 is 5.97 Å². The first-order valence-corrected chi connectivity index (χ1v) is 6.76. The summed E-state index contributed by atoms with van der Waals surface area (Å²) in [5.74, 6) is -1.10. The predicted octanol–water partition coefficient (Wildman–Crippen LogP) is 1.56. The molecule has 0 aliphatic heterocycles. The monoisotopic (exact) mass is 308 g/mol. The molecule has 0 spiro atoms.